The summed E-state index contributed by atoms with van der Waals surface area (Å²) in [6.45, 7) is 7.71. The molecule has 3 aliphatic rings. The number of fused-ring (bicyclic) bond motifs is 4. The first kappa shape index (κ1) is 29.2. The second-order valence-electron chi connectivity index (χ2n) is 11.8. The zero-order valence-corrected chi connectivity index (χ0v) is 23.4. The van der Waals surface area contributed by atoms with Crippen LogP contribution in [0.2, 0.25) is 0 Å². The summed E-state index contributed by atoms with van der Waals surface area (Å²) in [4.78, 5) is 60.7. The number of esters is 1. The average Bonchev–Trinajstić information content (AvgIpc) is 3.33. The van der Waals surface area contributed by atoms with E-state index in [1.54, 1.807) is 20.8 Å². The van der Waals surface area contributed by atoms with Gasteiger partial charge in [0.2, 0.25) is 17.6 Å². The number of carbonyl (C=O) groups is 4. The first-order valence-corrected chi connectivity index (χ1v) is 13.8. The van der Waals surface area contributed by atoms with Crippen molar-refractivity contribution >= 4 is 40.7 Å². The van der Waals surface area contributed by atoms with Crippen molar-refractivity contribution in [3.05, 3.63) is 41.6 Å². The molecule has 0 saturated carbocycles. The number of carbonyl (C=O) groups excluding carboxylic acids is 4. The maximum atomic E-state index is 13.8. The van der Waals surface area contributed by atoms with E-state index in [1.165, 1.54) is 0 Å². The van der Waals surface area contributed by atoms with Gasteiger partial charge in [0.05, 0.1) is 5.41 Å². The normalized spacial score (nSPS) is 21.6. The van der Waals surface area contributed by atoms with Crippen molar-refractivity contribution in [1.29, 1.82) is 0 Å². The Kier molecular flexibility index (Phi) is 8.85. The summed E-state index contributed by atoms with van der Waals surface area (Å²) >= 11 is 0. The summed E-state index contributed by atoms with van der Waals surface area (Å²) in [6, 6.07) is 5.62. The van der Waals surface area contributed by atoms with Crippen LogP contribution in [0.25, 0.3) is 16.4 Å². The van der Waals surface area contributed by atoms with E-state index in [4.69, 9.17) is 10.3 Å². The molecule has 2 atom stereocenters. The topological polar surface area (TPSA) is 157 Å². The first-order chi connectivity index (χ1) is 19.0. The van der Waals surface area contributed by atoms with E-state index in [0.29, 0.717) is 0 Å². The number of H-pyrrole nitrogens is 1. The molecule has 1 aromatic heterocycles. The van der Waals surface area contributed by atoms with Gasteiger partial charge in [0, 0.05) is 29.9 Å². The summed E-state index contributed by atoms with van der Waals surface area (Å²) in [5, 5.41) is 6.71. The Bertz CT molecular complexity index is 1300. The number of aromatic amines is 1. The molecular weight excluding hydrogens is 512 g/mol. The molecule has 5 rings (SSSR count). The minimum absolute atomic E-state index is 0.0565. The van der Waals surface area contributed by atoms with Crippen molar-refractivity contribution in [2.75, 3.05) is 19.6 Å². The van der Waals surface area contributed by atoms with Gasteiger partial charge in [-0.2, -0.15) is 4.79 Å². The van der Waals surface area contributed by atoms with Crippen LogP contribution in [-0.2, 0) is 30.3 Å². The number of nitrogens with zero attached hydrogens (tertiary/aromatic N) is 3. The van der Waals surface area contributed by atoms with Crippen molar-refractivity contribution in [1.82, 2.24) is 20.5 Å². The molecule has 3 aliphatic heterocycles. The second kappa shape index (κ2) is 12.1. The molecule has 11 nitrogen and oxygen atoms in total. The summed E-state index contributed by atoms with van der Waals surface area (Å²) in [5.41, 5.74) is 9.11. The number of ketones is 1. The van der Waals surface area contributed by atoms with Crippen LogP contribution in [0.4, 0.5) is 0 Å². The Morgan fingerprint density at radius 1 is 1.10 bits per heavy atom. The lowest BCUT2D eigenvalue weighted by Crippen LogP contribution is -2.59. The number of nitrogens with one attached hydrogen (secondary N) is 3. The first-order valence-electron chi connectivity index (χ1n) is 13.8. The highest BCUT2D eigenvalue weighted by molar-refractivity contribution is 6.25. The molecule has 0 unspecified atom stereocenters. The Hall–Kier alpha value is -3.82. The highest BCUT2D eigenvalue weighted by Gasteiger charge is 2.46. The quantitative estimate of drug-likeness (QED) is 0.168. The Balaban J connectivity index is 1.57. The SMILES string of the molecule is CC(C)(C)OC(=O)[C@H](CCC(=O)C=[N+]=[N-])NC(=O)[C@H](Cc1c[nH]c2ccccc12)NC(=O)C12CCN(CC1)CC2. The number of amides is 2. The molecule has 0 spiro atoms. The van der Waals surface area contributed by atoms with Gasteiger partial charge in [0.15, 0.2) is 0 Å². The molecule has 3 fully saturated rings. The van der Waals surface area contributed by atoms with Gasteiger partial charge in [0.25, 0.3) is 0 Å². The number of hydrogen-bond donors (Lipinski definition) is 3. The molecule has 0 radical (unpaired) electrons. The van der Waals surface area contributed by atoms with Crippen LogP contribution in [0.3, 0.4) is 0 Å². The van der Waals surface area contributed by atoms with Crippen LogP contribution in [0.5, 0.6) is 0 Å². The molecule has 4 heterocycles. The van der Waals surface area contributed by atoms with Crippen LogP contribution in [0, 0.1) is 5.41 Å². The van der Waals surface area contributed by atoms with Gasteiger partial charge >= 0.3 is 12.2 Å². The predicted molar refractivity (Wildman–Crippen MR) is 148 cm³/mol. The van der Waals surface area contributed by atoms with E-state index in [0.717, 1.165) is 61.6 Å². The molecule has 0 aliphatic carbocycles. The van der Waals surface area contributed by atoms with E-state index in [9.17, 15) is 19.2 Å². The number of aromatic nitrogens is 1. The average molecular weight is 551 g/mol. The van der Waals surface area contributed by atoms with Crippen LogP contribution in [0.1, 0.15) is 58.4 Å². The fourth-order valence-electron chi connectivity index (χ4n) is 5.52. The Labute approximate surface area is 233 Å². The van der Waals surface area contributed by atoms with Crippen LogP contribution >= 0.6 is 0 Å². The smallest absolute Gasteiger partial charge is 0.329 e. The largest absolute Gasteiger partial charge is 0.458 e. The fraction of sp³-hybridized carbons (Fsp3) is 0.552. The minimum Gasteiger partial charge on any atom is -0.458 e. The molecule has 2 bridgehead atoms. The zero-order valence-electron chi connectivity index (χ0n) is 23.4. The fourth-order valence-corrected chi connectivity index (χ4v) is 5.52. The van der Waals surface area contributed by atoms with E-state index in [-0.39, 0.29) is 25.2 Å². The van der Waals surface area contributed by atoms with Crippen molar-refractivity contribution < 1.29 is 28.7 Å². The lowest BCUT2D eigenvalue weighted by molar-refractivity contribution is -0.159. The number of piperidine rings is 3. The van der Waals surface area contributed by atoms with E-state index in [2.05, 4.69) is 25.3 Å². The van der Waals surface area contributed by atoms with Gasteiger partial charge in [0.1, 0.15) is 17.7 Å². The summed E-state index contributed by atoms with van der Waals surface area (Å²) in [6.07, 6.45) is 4.82. The summed E-state index contributed by atoms with van der Waals surface area (Å²) in [5.74, 6) is -1.88. The lowest BCUT2D eigenvalue weighted by atomic mass is 9.71. The third kappa shape index (κ3) is 7.03. The van der Waals surface area contributed by atoms with E-state index >= 15 is 0 Å². The van der Waals surface area contributed by atoms with E-state index < -0.39 is 40.8 Å². The maximum Gasteiger partial charge on any atom is 0.329 e. The van der Waals surface area contributed by atoms with E-state index in [1.807, 2.05) is 30.5 Å². The standard InChI is InChI=1S/C29H38N6O5/c1-28(2,3)40-26(38)23(9-8-20(36)18-32-30)33-25(37)24(16-19-17-31-22-7-5-4-6-21(19)22)34-27(39)29-10-13-35(14-11-29)15-12-29/h4-7,17-18,23-24,31H,8-16H2,1-3H3,(H,33,37)(H,34,39)/t23-,24-/m0/s1. The molecule has 214 valence electrons. The maximum absolute atomic E-state index is 13.8. The second-order valence-corrected chi connectivity index (χ2v) is 11.8. The third-order valence-corrected chi connectivity index (χ3v) is 7.81. The monoisotopic (exact) mass is 550 g/mol. The van der Waals surface area contributed by atoms with Gasteiger partial charge in [-0.3, -0.25) is 14.4 Å². The predicted octanol–water partition coefficient (Wildman–Crippen LogP) is 2.16. The molecule has 40 heavy (non-hydrogen) atoms. The van der Waals surface area contributed by atoms with Gasteiger partial charge in [-0.05, 0) is 77.7 Å². The van der Waals surface area contributed by atoms with Gasteiger partial charge < -0.3 is 30.8 Å². The highest BCUT2D eigenvalue weighted by Crippen LogP contribution is 2.40. The highest BCUT2D eigenvalue weighted by atomic mass is 16.6. The molecule has 2 aromatic rings. The number of benzene rings is 1. The lowest BCUT2D eigenvalue weighted by Gasteiger charge is -2.47. The Morgan fingerprint density at radius 2 is 1.77 bits per heavy atom. The number of ether oxygens (including phenoxy) is 1. The molecular formula is C29H38N6O5. The van der Waals surface area contributed by atoms with Crippen LogP contribution < -0.4 is 10.6 Å². The third-order valence-electron chi connectivity index (χ3n) is 7.81. The molecule has 2 amide bonds. The number of rotatable bonds is 11. The number of hydrogen-bond acceptors (Lipinski definition) is 6. The summed E-state index contributed by atoms with van der Waals surface area (Å²) in [7, 11) is 0. The molecule has 11 heteroatoms. The van der Waals surface area contributed by atoms with Crippen molar-refractivity contribution in [2.24, 2.45) is 5.41 Å². The number of Topliss-reactive ketones (excluding diaryl/α,β-unsaturated/α-hetero) is 1. The zero-order chi connectivity index (χ0) is 28.9. The molecule has 1 aromatic carbocycles. The van der Waals surface area contributed by atoms with Gasteiger partial charge in [-0.25, -0.2) is 4.79 Å². The van der Waals surface area contributed by atoms with Crippen LogP contribution in [-0.4, -0.2) is 81.8 Å². The van der Waals surface area contributed by atoms with Crippen molar-refractivity contribution in [3.63, 3.8) is 0 Å². The summed E-state index contributed by atoms with van der Waals surface area (Å²) < 4.78 is 5.51. The number of para-hydroxylation sites is 1. The molecule has 3 saturated heterocycles. The molecule has 3 N–H and O–H groups in total. The Morgan fingerprint density at radius 3 is 2.42 bits per heavy atom. The van der Waals surface area contributed by atoms with Crippen LogP contribution in [0.15, 0.2) is 30.5 Å². The van der Waals surface area contributed by atoms with Crippen molar-refractivity contribution in [2.45, 2.75) is 77.0 Å². The minimum atomic E-state index is -1.14. The van der Waals surface area contributed by atoms with Gasteiger partial charge in [-0.1, -0.05) is 18.2 Å². The van der Waals surface area contributed by atoms with Crippen molar-refractivity contribution in [3.8, 4) is 0 Å². The van der Waals surface area contributed by atoms with Gasteiger partial charge in [-0.15, -0.1) is 0 Å².